The Morgan fingerprint density at radius 1 is 1.30 bits per heavy atom. The smallest absolute Gasteiger partial charge is 0.240 e. The van der Waals surface area contributed by atoms with Crippen LogP contribution in [0.3, 0.4) is 0 Å². The molecule has 2 saturated heterocycles. The molecule has 2 aliphatic rings. The molecule has 20 heavy (non-hydrogen) atoms. The van der Waals surface area contributed by atoms with Crippen molar-refractivity contribution in [3.63, 3.8) is 0 Å². The molecule has 3 N–H and O–H groups in total. The van der Waals surface area contributed by atoms with Gasteiger partial charge in [0.2, 0.25) is 5.91 Å². The van der Waals surface area contributed by atoms with Crippen molar-refractivity contribution in [2.45, 2.75) is 44.6 Å². The van der Waals surface area contributed by atoms with Crippen LogP contribution in [0.1, 0.15) is 39.0 Å². The van der Waals surface area contributed by atoms with E-state index in [1.165, 1.54) is 32.4 Å². The van der Waals surface area contributed by atoms with Crippen LogP contribution in [0.5, 0.6) is 0 Å². The number of nitrogens with one attached hydrogen (secondary N) is 1. The molecule has 0 saturated carbocycles. The topological polar surface area (TPSA) is 67.6 Å². The van der Waals surface area contributed by atoms with E-state index in [4.69, 9.17) is 10.5 Å². The summed E-state index contributed by atoms with van der Waals surface area (Å²) in [6, 6.07) is 0. The van der Waals surface area contributed by atoms with Crippen molar-refractivity contribution in [1.29, 1.82) is 0 Å². The van der Waals surface area contributed by atoms with Crippen LogP contribution < -0.4 is 11.1 Å². The van der Waals surface area contributed by atoms with E-state index in [9.17, 15) is 4.79 Å². The highest BCUT2D eigenvalue weighted by Crippen LogP contribution is 2.18. The lowest BCUT2D eigenvalue weighted by molar-refractivity contribution is -0.129. The van der Waals surface area contributed by atoms with E-state index >= 15 is 0 Å². The Hall–Kier alpha value is -0.650. The fourth-order valence-electron chi connectivity index (χ4n) is 3.05. The lowest BCUT2D eigenvalue weighted by Gasteiger charge is -2.33. The van der Waals surface area contributed by atoms with Gasteiger partial charge in [0.25, 0.3) is 0 Å². The first-order chi connectivity index (χ1) is 9.60. The summed E-state index contributed by atoms with van der Waals surface area (Å²) in [6.45, 7) is 7.57. The van der Waals surface area contributed by atoms with E-state index in [1.54, 1.807) is 0 Å². The number of piperidine rings is 1. The van der Waals surface area contributed by atoms with Crippen molar-refractivity contribution in [2.24, 2.45) is 11.7 Å². The van der Waals surface area contributed by atoms with Crippen LogP contribution in [-0.4, -0.2) is 55.7 Å². The zero-order chi connectivity index (χ0) is 14.4. The number of rotatable bonds is 5. The molecule has 1 atom stereocenters. The van der Waals surface area contributed by atoms with E-state index < -0.39 is 5.54 Å². The molecule has 2 aliphatic heterocycles. The van der Waals surface area contributed by atoms with E-state index in [1.807, 2.05) is 0 Å². The van der Waals surface area contributed by atoms with E-state index in [-0.39, 0.29) is 5.91 Å². The molecule has 0 spiro atoms. The third-order valence-electron chi connectivity index (χ3n) is 4.47. The van der Waals surface area contributed by atoms with E-state index in [0.717, 1.165) is 13.1 Å². The quantitative estimate of drug-likeness (QED) is 0.780. The molecule has 2 rings (SSSR count). The standard InChI is InChI=1S/C15H29N3O2/c1-13(12-18-7-3-2-4-8-18)11-17-14(19)15(16)5-9-20-10-6-15/h13H,2-12,16H2,1H3,(H,17,19). The second-order valence-corrected chi connectivity index (χ2v) is 6.44. The zero-order valence-corrected chi connectivity index (χ0v) is 12.7. The van der Waals surface area contributed by atoms with Gasteiger partial charge in [-0.05, 0) is 44.7 Å². The van der Waals surface area contributed by atoms with Crippen LogP contribution in [0.4, 0.5) is 0 Å². The Morgan fingerprint density at radius 3 is 2.60 bits per heavy atom. The van der Waals surface area contributed by atoms with Crippen LogP contribution in [-0.2, 0) is 9.53 Å². The minimum Gasteiger partial charge on any atom is -0.381 e. The molecule has 1 amide bonds. The summed E-state index contributed by atoms with van der Waals surface area (Å²) >= 11 is 0. The third-order valence-corrected chi connectivity index (χ3v) is 4.47. The summed E-state index contributed by atoms with van der Waals surface area (Å²) in [4.78, 5) is 14.7. The van der Waals surface area contributed by atoms with Gasteiger partial charge in [-0.3, -0.25) is 4.79 Å². The minimum absolute atomic E-state index is 0.00806. The highest BCUT2D eigenvalue weighted by molar-refractivity contribution is 5.86. The van der Waals surface area contributed by atoms with Crippen LogP contribution in [0, 0.1) is 5.92 Å². The first kappa shape index (κ1) is 15.7. The van der Waals surface area contributed by atoms with Crippen LogP contribution in [0.25, 0.3) is 0 Å². The van der Waals surface area contributed by atoms with Gasteiger partial charge < -0.3 is 20.7 Å². The van der Waals surface area contributed by atoms with Gasteiger partial charge in [0, 0.05) is 26.3 Å². The van der Waals surface area contributed by atoms with Crippen molar-refractivity contribution in [3.8, 4) is 0 Å². The van der Waals surface area contributed by atoms with Gasteiger partial charge in [-0.1, -0.05) is 13.3 Å². The third kappa shape index (κ3) is 4.43. The van der Waals surface area contributed by atoms with Crippen LogP contribution in [0.15, 0.2) is 0 Å². The van der Waals surface area contributed by atoms with Gasteiger partial charge >= 0.3 is 0 Å². The molecule has 0 aliphatic carbocycles. The molecule has 1 unspecified atom stereocenters. The number of ether oxygens (including phenoxy) is 1. The average molecular weight is 283 g/mol. The Balaban J connectivity index is 1.69. The second kappa shape index (κ2) is 7.38. The lowest BCUT2D eigenvalue weighted by atomic mass is 9.90. The zero-order valence-electron chi connectivity index (χ0n) is 12.7. The maximum atomic E-state index is 12.2. The summed E-state index contributed by atoms with van der Waals surface area (Å²) in [5, 5.41) is 3.04. The Bertz CT molecular complexity index is 310. The lowest BCUT2D eigenvalue weighted by Crippen LogP contribution is -2.57. The maximum absolute atomic E-state index is 12.2. The molecule has 5 heteroatoms. The predicted molar refractivity (Wildman–Crippen MR) is 79.4 cm³/mol. The number of amides is 1. The summed E-state index contributed by atoms with van der Waals surface area (Å²) in [6.07, 6.45) is 5.23. The summed E-state index contributed by atoms with van der Waals surface area (Å²) < 4.78 is 5.27. The van der Waals surface area contributed by atoms with Gasteiger partial charge in [-0.2, -0.15) is 0 Å². The van der Waals surface area contributed by atoms with Crippen molar-refractivity contribution in [2.75, 3.05) is 39.4 Å². The normalized spacial score (nSPS) is 25.1. The summed E-state index contributed by atoms with van der Waals surface area (Å²) in [5.41, 5.74) is 5.45. The first-order valence-corrected chi connectivity index (χ1v) is 7.97. The molecule has 5 nitrogen and oxygen atoms in total. The maximum Gasteiger partial charge on any atom is 0.240 e. The number of carbonyl (C=O) groups is 1. The molecule has 0 aromatic carbocycles. The number of likely N-dealkylation sites (tertiary alicyclic amines) is 1. The van der Waals surface area contributed by atoms with Crippen LogP contribution >= 0.6 is 0 Å². The van der Waals surface area contributed by atoms with Crippen molar-refractivity contribution in [3.05, 3.63) is 0 Å². The van der Waals surface area contributed by atoms with Gasteiger partial charge in [0.15, 0.2) is 0 Å². The molecule has 2 fully saturated rings. The monoisotopic (exact) mass is 283 g/mol. The number of carbonyl (C=O) groups excluding carboxylic acids is 1. The number of hydrogen-bond donors (Lipinski definition) is 2. The van der Waals surface area contributed by atoms with Gasteiger partial charge in [-0.25, -0.2) is 0 Å². The number of nitrogens with two attached hydrogens (primary N) is 1. The fraction of sp³-hybridized carbons (Fsp3) is 0.933. The van der Waals surface area contributed by atoms with Crippen molar-refractivity contribution in [1.82, 2.24) is 10.2 Å². The molecular weight excluding hydrogens is 254 g/mol. The fourth-order valence-corrected chi connectivity index (χ4v) is 3.05. The van der Waals surface area contributed by atoms with Gasteiger partial charge in [0.1, 0.15) is 0 Å². The second-order valence-electron chi connectivity index (χ2n) is 6.44. The Labute approximate surface area is 122 Å². The highest BCUT2D eigenvalue weighted by atomic mass is 16.5. The van der Waals surface area contributed by atoms with E-state index in [2.05, 4.69) is 17.1 Å². The predicted octanol–water partition coefficient (Wildman–Crippen LogP) is 0.733. The van der Waals surface area contributed by atoms with Crippen molar-refractivity contribution >= 4 is 5.91 Å². The van der Waals surface area contributed by atoms with Crippen molar-refractivity contribution < 1.29 is 9.53 Å². The molecular formula is C15H29N3O2. The minimum atomic E-state index is -0.719. The Morgan fingerprint density at radius 2 is 1.95 bits per heavy atom. The Kier molecular flexibility index (Phi) is 5.81. The molecule has 0 aromatic heterocycles. The molecule has 0 bridgehead atoms. The number of hydrogen-bond acceptors (Lipinski definition) is 4. The molecule has 116 valence electrons. The average Bonchev–Trinajstić information content (AvgIpc) is 2.46. The SMILES string of the molecule is CC(CNC(=O)C1(N)CCOCC1)CN1CCCCC1. The van der Waals surface area contributed by atoms with Gasteiger partial charge in [-0.15, -0.1) is 0 Å². The van der Waals surface area contributed by atoms with Crippen LogP contribution in [0.2, 0.25) is 0 Å². The molecule has 2 heterocycles. The van der Waals surface area contributed by atoms with Gasteiger partial charge in [0.05, 0.1) is 5.54 Å². The first-order valence-electron chi connectivity index (χ1n) is 7.97. The highest BCUT2D eigenvalue weighted by Gasteiger charge is 2.35. The summed E-state index contributed by atoms with van der Waals surface area (Å²) in [5.74, 6) is 0.465. The largest absolute Gasteiger partial charge is 0.381 e. The summed E-state index contributed by atoms with van der Waals surface area (Å²) in [7, 11) is 0. The number of nitrogens with zero attached hydrogens (tertiary/aromatic N) is 1. The molecule has 0 radical (unpaired) electrons. The molecule has 0 aromatic rings. The van der Waals surface area contributed by atoms with E-state index in [0.29, 0.717) is 32.0 Å².